The molecule has 0 radical (unpaired) electrons. The number of thiocarbonyl (C=S) groups is 1. The molecular weight excluding hydrogens is 470 g/mol. The standard InChI is InChI=1S/C27H20ClNO2S2/c28-20-13-10-19(11-14-20)23-24-21-9-5-4-8-18(21)12-15-22(24)31-26(30)25(23)29-27(32)33-16-17-6-2-1-3-7-17/h1-15,23,25H,16H2,(H,29,32). The molecule has 6 heteroatoms. The molecule has 2 atom stereocenters. The molecule has 5 rings (SSSR count). The summed E-state index contributed by atoms with van der Waals surface area (Å²) in [5.74, 6) is 0.680. The van der Waals surface area contributed by atoms with Gasteiger partial charge < -0.3 is 10.1 Å². The van der Waals surface area contributed by atoms with Crippen molar-refractivity contribution in [1.82, 2.24) is 5.32 Å². The topological polar surface area (TPSA) is 38.3 Å². The molecule has 0 aromatic heterocycles. The Bertz CT molecular complexity index is 1330. The van der Waals surface area contributed by atoms with Gasteiger partial charge in [0.05, 0.1) is 0 Å². The average molecular weight is 490 g/mol. The van der Waals surface area contributed by atoms with Gasteiger partial charge in [-0.05, 0) is 40.1 Å². The molecule has 0 fully saturated rings. The van der Waals surface area contributed by atoms with Crippen LogP contribution in [0.2, 0.25) is 5.02 Å². The molecule has 0 spiro atoms. The minimum Gasteiger partial charge on any atom is -0.425 e. The number of benzene rings is 4. The minimum atomic E-state index is -0.653. The summed E-state index contributed by atoms with van der Waals surface area (Å²) in [6.07, 6.45) is 0. The van der Waals surface area contributed by atoms with Crippen LogP contribution >= 0.6 is 35.6 Å². The molecular formula is C27H20ClNO2S2. The summed E-state index contributed by atoms with van der Waals surface area (Å²) < 4.78 is 6.35. The summed E-state index contributed by atoms with van der Waals surface area (Å²) in [7, 11) is 0. The van der Waals surface area contributed by atoms with E-state index in [-0.39, 0.29) is 11.9 Å². The second-order valence-corrected chi connectivity index (χ2v) is 9.92. The summed E-state index contributed by atoms with van der Waals surface area (Å²) in [5.41, 5.74) is 3.12. The smallest absolute Gasteiger partial charge is 0.334 e. The Labute approximate surface area is 207 Å². The second kappa shape index (κ2) is 9.56. The van der Waals surface area contributed by atoms with Crippen molar-refractivity contribution in [3.8, 4) is 5.75 Å². The molecule has 164 valence electrons. The van der Waals surface area contributed by atoms with E-state index < -0.39 is 6.04 Å². The Morgan fingerprint density at radius 1 is 0.939 bits per heavy atom. The molecule has 0 bridgehead atoms. The van der Waals surface area contributed by atoms with E-state index in [2.05, 4.69) is 29.6 Å². The highest BCUT2D eigenvalue weighted by Crippen LogP contribution is 2.43. The van der Waals surface area contributed by atoms with Gasteiger partial charge in [0.2, 0.25) is 0 Å². The van der Waals surface area contributed by atoms with Crippen molar-refractivity contribution in [3.63, 3.8) is 0 Å². The van der Waals surface area contributed by atoms with E-state index >= 15 is 0 Å². The van der Waals surface area contributed by atoms with Crippen molar-refractivity contribution in [3.05, 3.63) is 113 Å². The largest absolute Gasteiger partial charge is 0.425 e. The highest BCUT2D eigenvalue weighted by atomic mass is 35.5. The zero-order valence-electron chi connectivity index (χ0n) is 17.5. The first kappa shape index (κ1) is 22.0. The van der Waals surface area contributed by atoms with Crippen molar-refractivity contribution in [1.29, 1.82) is 0 Å². The maximum absolute atomic E-state index is 13.2. The molecule has 4 aromatic rings. The van der Waals surface area contributed by atoms with Crippen molar-refractivity contribution < 1.29 is 9.53 Å². The SMILES string of the molecule is O=C1Oc2ccc3ccccc3c2C(c2ccc(Cl)cc2)C1NC(=S)SCc1ccccc1. The van der Waals surface area contributed by atoms with Crippen molar-refractivity contribution in [2.45, 2.75) is 17.7 Å². The Morgan fingerprint density at radius 2 is 1.67 bits per heavy atom. The maximum atomic E-state index is 13.2. The first-order valence-corrected chi connectivity index (χ1v) is 12.3. The molecule has 4 aromatic carbocycles. The highest BCUT2D eigenvalue weighted by molar-refractivity contribution is 8.22. The van der Waals surface area contributed by atoms with Gasteiger partial charge >= 0.3 is 5.97 Å². The summed E-state index contributed by atoms with van der Waals surface area (Å²) in [4.78, 5) is 13.2. The van der Waals surface area contributed by atoms with Crippen LogP contribution in [0.1, 0.15) is 22.6 Å². The summed E-state index contributed by atoms with van der Waals surface area (Å²) in [6, 6.07) is 29.1. The lowest BCUT2D eigenvalue weighted by Gasteiger charge is -2.34. The molecule has 2 unspecified atom stereocenters. The second-order valence-electron chi connectivity index (χ2n) is 7.83. The van der Waals surface area contributed by atoms with Crippen LogP contribution in [-0.4, -0.2) is 16.3 Å². The van der Waals surface area contributed by atoms with Gasteiger partial charge in [0.25, 0.3) is 0 Å². The molecule has 0 amide bonds. The molecule has 1 heterocycles. The van der Waals surface area contributed by atoms with Gasteiger partial charge in [0.15, 0.2) is 0 Å². The van der Waals surface area contributed by atoms with Gasteiger partial charge in [-0.3, -0.25) is 0 Å². The molecule has 3 nitrogen and oxygen atoms in total. The van der Waals surface area contributed by atoms with Crippen LogP contribution < -0.4 is 10.1 Å². The highest BCUT2D eigenvalue weighted by Gasteiger charge is 2.40. The number of hydrogen-bond acceptors (Lipinski definition) is 4. The lowest BCUT2D eigenvalue weighted by molar-refractivity contribution is -0.137. The first-order chi connectivity index (χ1) is 16.1. The van der Waals surface area contributed by atoms with E-state index in [0.29, 0.717) is 15.1 Å². The Kier molecular flexibility index (Phi) is 6.36. The van der Waals surface area contributed by atoms with Gasteiger partial charge in [0, 0.05) is 22.3 Å². The van der Waals surface area contributed by atoms with Crippen molar-refractivity contribution in [2.24, 2.45) is 0 Å². The number of hydrogen-bond donors (Lipinski definition) is 1. The van der Waals surface area contributed by atoms with Gasteiger partial charge in [0.1, 0.15) is 16.1 Å². The molecule has 33 heavy (non-hydrogen) atoms. The monoisotopic (exact) mass is 489 g/mol. The predicted molar refractivity (Wildman–Crippen MR) is 140 cm³/mol. The fourth-order valence-electron chi connectivity index (χ4n) is 4.22. The van der Waals surface area contributed by atoms with Crippen molar-refractivity contribution in [2.75, 3.05) is 0 Å². The van der Waals surface area contributed by atoms with Crippen LogP contribution in [0.5, 0.6) is 5.75 Å². The third-order valence-corrected chi connectivity index (χ3v) is 7.34. The average Bonchev–Trinajstić information content (AvgIpc) is 2.84. The van der Waals surface area contributed by atoms with Crippen LogP contribution in [-0.2, 0) is 10.5 Å². The van der Waals surface area contributed by atoms with E-state index in [4.69, 9.17) is 28.6 Å². The first-order valence-electron chi connectivity index (χ1n) is 10.6. The molecule has 0 saturated heterocycles. The Morgan fingerprint density at radius 3 is 2.45 bits per heavy atom. The Balaban J connectivity index is 1.52. The predicted octanol–water partition coefficient (Wildman–Crippen LogP) is 6.72. The maximum Gasteiger partial charge on any atom is 0.334 e. The third kappa shape index (κ3) is 4.62. The number of carbonyl (C=O) groups is 1. The molecule has 0 saturated carbocycles. The zero-order valence-corrected chi connectivity index (χ0v) is 19.9. The number of ether oxygens (including phenoxy) is 1. The van der Waals surface area contributed by atoms with E-state index in [0.717, 1.165) is 27.7 Å². The van der Waals surface area contributed by atoms with E-state index in [1.54, 1.807) is 0 Å². The van der Waals surface area contributed by atoms with Gasteiger partial charge in [-0.15, -0.1) is 0 Å². The van der Waals surface area contributed by atoms with E-state index in [9.17, 15) is 4.79 Å². The molecule has 1 N–H and O–H groups in total. The molecule has 0 aliphatic carbocycles. The number of rotatable bonds is 4. The summed E-state index contributed by atoms with van der Waals surface area (Å²) >= 11 is 13.3. The van der Waals surface area contributed by atoms with Crippen LogP contribution in [0.3, 0.4) is 0 Å². The number of halogens is 1. The lowest BCUT2D eigenvalue weighted by Crippen LogP contribution is -2.48. The van der Waals surface area contributed by atoms with Crippen LogP contribution in [0.25, 0.3) is 10.8 Å². The van der Waals surface area contributed by atoms with Crippen LogP contribution in [0, 0.1) is 0 Å². The molecule has 1 aliphatic rings. The van der Waals surface area contributed by atoms with Gasteiger partial charge in [-0.25, -0.2) is 4.79 Å². The number of esters is 1. The van der Waals surface area contributed by atoms with E-state index in [1.807, 2.05) is 66.7 Å². The van der Waals surface area contributed by atoms with Crippen molar-refractivity contribution >= 4 is 56.6 Å². The third-order valence-electron chi connectivity index (χ3n) is 5.75. The number of thioether (sulfide) groups is 1. The number of carbonyl (C=O) groups excluding carboxylic acids is 1. The fraction of sp³-hybridized carbons (Fsp3) is 0.111. The van der Waals surface area contributed by atoms with Crippen LogP contribution in [0.4, 0.5) is 0 Å². The van der Waals surface area contributed by atoms with Crippen LogP contribution in [0.15, 0.2) is 91.0 Å². The lowest BCUT2D eigenvalue weighted by atomic mass is 9.80. The normalized spacial score (nSPS) is 17.3. The zero-order chi connectivity index (χ0) is 22.8. The minimum absolute atomic E-state index is 0.278. The number of fused-ring (bicyclic) bond motifs is 3. The quantitative estimate of drug-likeness (QED) is 0.196. The van der Waals surface area contributed by atoms with Gasteiger partial charge in [-0.1, -0.05) is 108 Å². The Hall–Kier alpha value is -2.86. The summed E-state index contributed by atoms with van der Waals surface area (Å²) in [6.45, 7) is 0. The van der Waals surface area contributed by atoms with Gasteiger partial charge in [-0.2, -0.15) is 0 Å². The summed E-state index contributed by atoms with van der Waals surface area (Å²) in [5, 5.41) is 6.09. The fourth-order valence-corrected chi connectivity index (χ4v) is 5.35. The molecule has 1 aliphatic heterocycles. The van der Waals surface area contributed by atoms with E-state index in [1.165, 1.54) is 17.3 Å². The number of nitrogens with one attached hydrogen (secondary N) is 1.